The lowest BCUT2D eigenvalue weighted by Gasteiger charge is -2.07. The third-order valence-electron chi connectivity index (χ3n) is 3.36. The Balaban J connectivity index is 2.43. The number of hydrogen-bond donors (Lipinski definition) is 1. The van der Waals surface area contributed by atoms with Crippen LogP contribution in [0.2, 0.25) is 0 Å². The van der Waals surface area contributed by atoms with Gasteiger partial charge in [-0.3, -0.25) is 0 Å². The highest BCUT2D eigenvalue weighted by atomic mass is 15.5. The quantitative estimate of drug-likeness (QED) is 0.485. The second-order valence-corrected chi connectivity index (χ2v) is 4.46. The van der Waals surface area contributed by atoms with Crippen LogP contribution in [-0.2, 0) is 0 Å². The number of nitrogens with two attached hydrogens (primary N) is 1. The van der Waals surface area contributed by atoms with E-state index in [1.807, 2.05) is 36.4 Å². The monoisotopic (exact) mass is 247 g/mol. The van der Waals surface area contributed by atoms with Crippen LogP contribution >= 0.6 is 0 Å². The number of hydrogen-bond acceptors (Lipinski definition) is 4. The molecular formula is C15H10N4. The van der Waals surface area contributed by atoms with Gasteiger partial charge in [0.2, 0.25) is 5.95 Å². The summed E-state index contributed by atoms with van der Waals surface area (Å²) >= 11 is 0. The smallest absolute Gasteiger partial charge is 0.240 e. The van der Waals surface area contributed by atoms with E-state index in [4.69, 9.17) is 5.73 Å². The fourth-order valence-corrected chi connectivity index (χ4v) is 2.56. The number of nitrogen functional groups attached to an aromatic ring is 1. The summed E-state index contributed by atoms with van der Waals surface area (Å²) in [5.74, 6) is 0.202. The minimum absolute atomic E-state index is 0.202. The summed E-state index contributed by atoms with van der Waals surface area (Å²) in [7, 11) is 0. The number of aromatic nitrogens is 3. The molecule has 4 aromatic rings. The molecule has 4 rings (SSSR count). The predicted octanol–water partition coefficient (Wildman–Crippen LogP) is 2.91. The molecule has 0 radical (unpaired) electrons. The van der Waals surface area contributed by atoms with E-state index in [1.165, 1.54) is 0 Å². The molecule has 0 amide bonds. The molecule has 0 aliphatic carbocycles. The molecule has 3 aromatic carbocycles. The van der Waals surface area contributed by atoms with Crippen molar-refractivity contribution in [3.05, 3.63) is 48.5 Å². The average molecular weight is 247 g/mol. The van der Waals surface area contributed by atoms with Crippen LogP contribution in [0.4, 0.5) is 5.95 Å². The first-order valence-corrected chi connectivity index (χ1v) is 6.04. The summed E-state index contributed by atoms with van der Waals surface area (Å²) in [6.07, 6.45) is 0. The predicted molar refractivity (Wildman–Crippen MR) is 76.8 cm³/mol. The van der Waals surface area contributed by atoms with Crippen molar-refractivity contribution in [3.63, 3.8) is 0 Å². The average Bonchev–Trinajstić information content (AvgIpc) is 2.47. The lowest BCUT2D eigenvalue weighted by Crippen LogP contribution is -1.98. The molecule has 0 atom stereocenters. The lowest BCUT2D eigenvalue weighted by molar-refractivity contribution is 1.04. The first-order valence-electron chi connectivity index (χ1n) is 6.04. The van der Waals surface area contributed by atoms with Crippen LogP contribution in [0.1, 0.15) is 0 Å². The van der Waals surface area contributed by atoms with Gasteiger partial charge in [-0.15, -0.1) is 10.2 Å². The number of fused-ring (bicyclic) bond motifs is 6. The Morgan fingerprint density at radius 2 is 1.16 bits per heavy atom. The second kappa shape index (κ2) is 3.62. The molecule has 19 heavy (non-hydrogen) atoms. The lowest BCUT2D eigenvalue weighted by atomic mass is 10.0. The van der Waals surface area contributed by atoms with Crippen LogP contribution in [0, 0.1) is 0 Å². The number of benzene rings is 3. The zero-order valence-electron chi connectivity index (χ0n) is 10.0. The van der Waals surface area contributed by atoms with Crippen molar-refractivity contribution in [1.82, 2.24) is 15.2 Å². The van der Waals surface area contributed by atoms with Crippen LogP contribution in [0.25, 0.3) is 32.6 Å². The van der Waals surface area contributed by atoms with Crippen LogP contribution < -0.4 is 5.73 Å². The normalized spacial score (nSPS) is 11.4. The van der Waals surface area contributed by atoms with Gasteiger partial charge in [0.25, 0.3) is 0 Å². The van der Waals surface area contributed by atoms with E-state index >= 15 is 0 Å². The summed E-state index contributed by atoms with van der Waals surface area (Å²) < 4.78 is 0. The Bertz CT molecular complexity index is 896. The minimum atomic E-state index is 0.202. The highest BCUT2D eigenvalue weighted by Gasteiger charge is 2.10. The highest BCUT2D eigenvalue weighted by molar-refractivity contribution is 6.22. The van der Waals surface area contributed by atoms with Crippen molar-refractivity contribution in [2.75, 3.05) is 5.73 Å². The molecular weight excluding hydrogens is 237 g/mol. The van der Waals surface area contributed by atoms with Crippen molar-refractivity contribution >= 4 is 38.5 Å². The second-order valence-electron chi connectivity index (χ2n) is 4.46. The van der Waals surface area contributed by atoms with E-state index in [-0.39, 0.29) is 5.95 Å². The van der Waals surface area contributed by atoms with Gasteiger partial charge < -0.3 is 5.73 Å². The molecule has 0 bridgehead atoms. The largest absolute Gasteiger partial charge is 0.366 e. The zero-order valence-corrected chi connectivity index (χ0v) is 10.0. The minimum Gasteiger partial charge on any atom is -0.366 e. The topological polar surface area (TPSA) is 64.7 Å². The van der Waals surface area contributed by atoms with E-state index < -0.39 is 0 Å². The van der Waals surface area contributed by atoms with E-state index in [0.717, 1.165) is 32.6 Å². The first kappa shape index (κ1) is 10.2. The van der Waals surface area contributed by atoms with Gasteiger partial charge in [-0.05, 0) is 10.8 Å². The van der Waals surface area contributed by atoms with Crippen molar-refractivity contribution in [2.24, 2.45) is 0 Å². The first-order chi connectivity index (χ1) is 9.34. The summed E-state index contributed by atoms with van der Waals surface area (Å²) in [4.78, 5) is 4.36. The SMILES string of the molecule is Nc1nnc2c3ccccc3c3ccccc3c2[15n]1. The van der Waals surface area contributed by atoms with Crippen molar-refractivity contribution in [2.45, 2.75) is 0 Å². The van der Waals surface area contributed by atoms with Gasteiger partial charge >= 0.3 is 0 Å². The summed E-state index contributed by atoms with van der Waals surface area (Å²) in [5.41, 5.74) is 7.28. The molecule has 2 N–H and O–H groups in total. The van der Waals surface area contributed by atoms with E-state index in [1.54, 1.807) is 0 Å². The third kappa shape index (κ3) is 1.37. The maximum absolute atomic E-state index is 5.67. The Hall–Kier alpha value is -2.75. The van der Waals surface area contributed by atoms with E-state index in [9.17, 15) is 0 Å². The fraction of sp³-hybridized carbons (Fsp3) is 0. The van der Waals surface area contributed by atoms with Crippen molar-refractivity contribution < 1.29 is 0 Å². The van der Waals surface area contributed by atoms with Gasteiger partial charge in [-0.2, -0.15) is 0 Å². The maximum atomic E-state index is 5.67. The Morgan fingerprint density at radius 1 is 0.632 bits per heavy atom. The molecule has 1 heterocycles. The Labute approximate surface area is 108 Å². The number of nitrogens with zero attached hydrogens (tertiary/aromatic N) is 3. The molecule has 0 saturated heterocycles. The maximum Gasteiger partial charge on any atom is 0.240 e. The Kier molecular flexibility index (Phi) is 1.94. The van der Waals surface area contributed by atoms with Crippen LogP contribution in [0.5, 0.6) is 0 Å². The highest BCUT2D eigenvalue weighted by Crippen LogP contribution is 2.32. The van der Waals surface area contributed by atoms with Crippen LogP contribution in [0.15, 0.2) is 48.5 Å². The number of anilines is 1. The molecule has 0 aliphatic heterocycles. The van der Waals surface area contributed by atoms with Crippen LogP contribution in [0.3, 0.4) is 0 Å². The van der Waals surface area contributed by atoms with Gasteiger partial charge in [0.1, 0.15) is 11.0 Å². The zero-order chi connectivity index (χ0) is 12.8. The van der Waals surface area contributed by atoms with Gasteiger partial charge in [0, 0.05) is 10.8 Å². The molecule has 0 fully saturated rings. The molecule has 1 aromatic heterocycles. The fourth-order valence-electron chi connectivity index (χ4n) is 2.56. The standard InChI is InChI=1S/C15H10N4/c16-15-17-13-11-7-3-1-5-9(11)10-6-2-4-8-12(10)14(13)18-19-15/h1-8H,(H2,16,17,19)/i17+1. The summed E-state index contributed by atoms with van der Waals surface area (Å²) in [6, 6.07) is 16.3. The molecule has 0 saturated carbocycles. The molecule has 0 aliphatic rings. The Morgan fingerprint density at radius 3 is 1.79 bits per heavy atom. The molecule has 4 heteroatoms. The third-order valence-corrected chi connectivity index (χ3v) is 3.36. The van der Waals surface area contributed by atoms with Gasteiger partial charge in [0.05, 0.1) is 0 Å². The van der Waals surface area contributed by atoms with E-state index in [0.29, 0.717) is 0 Å². The number of rotatable bonds is 0. The van der Waals surface area contributed by atoms with Crippen molar-refractivity contribution in [3.8, 4) is 0 Å². The van der Waals surface area contributed by atoms with Gasteiger partial charge in [0.15, 0.2) is 0 Å². The summed E-state index contributed by atoms with van der Waals surface area (Å²) in [6.45, 7) is 0. The van der Waals surface area contributed by atoms with Gasteiger partial charge in [-0.25, -0.2) is 4.98 Å². The van der Waals surface area contributed by atoms with Crippen molar-refractivity contribution in [1.29, 1.82) is 0 Å². The molecule has 90 valence electrons. The van der Waals surface area contributed by atoms with Gasteiger partial charge in [-0.1, -0.05) is 48.5 Å². The molecule has 0 unspecified atom stereocenters. The molecule has 0 spiro atoms. The van der Waals surface area contributed by atoms with E-state index in [2.05, 4.69) is 27.3 Å². The van der Waals surface area contributed by atoms with Crippen LogP contribution in [-0.4, -0.2) is 15.2 Å². The summed E-state index contributed by atoms with van der Waals surface area (Å²) in [5, 5.41) is 12.5. The molecule has 4 nitrogen and oxygen atoms in total.